The average molecular weight is 566 g/mol. The van der Waals surface area contributed by atoms with Gasteiger partial charge in [-0.25, -0.2) is 4.99 Å². The van der Waals surface area contributed by atoms with E-state index in [1.54, 1.807) is 30.3 Å². The van der Waals surface area contributed by atoms with Crippen LogP contribution in [0.5, 0.6) is 0 Å². The van der Waals surface area contributed by atoms with Crippen molar-refractivity contribution in [3.05, 3.63) is 68.8 Å². The Hall–Kier alpha value is -2.33. The van der Waals surface area contributed by atoms with Crippen LogP contribution in [0.1, 0.15) is 18.9 Å². The predicted molar refractivity (Wildman–Crippen MR) is 143 cm³/mol. The van der Waals surface area contributed by atoms with Crippen molar-refractivity contribution in [3.63, 3.8) is 0 Å². The number of nitrogens with zero attached hydrogens (tertiary/aromatic N) is 1. The highest BCUT2D eigenvalue weighted by atomic mass is 79.9. The Labute approximate surface area is 216 Å². The molecule has 2 aromatic rings. The Morgan fingerprint density at radius 2 is 2.06 bits per heavy atom. The topological polar surface area (TPSA) is 106 Å². The van der Waals surface area contributed by atoms with Crippen LogP contribution in [0.3, 0.4) is 0 Å². The Morgan fingerprint density at radius 1 is 1.26 bits per heavy atom. The number of benzene rings is 2. The van der Waals surface area contributed by atoms with Gasteiger partial charge in [0.1, 0.15) is 10.3 Å². The molecule has 1 aliphatic rings. The summed E-state index contributed by atoms with van der Waals surface area (Å²) in [5.41, 5.74) is 8.91. The van der Waals surface area contributed by atoms with Crippen molar-refractivity contribution >= 4 is 67.5 Å². The van der Waals surface area contributed by atoms with Crippen molar-refractivity contribution in [2.45, 2.75) is 25.5 Å². The van der Waals surface area contributed by atoms with Gasteiger partial charge in [0.25, 0.3) is 5.91 Å². The molecule has 0 bridgehead atoms. The lowest BCUT2D eigenvalue weighted by atomic mass is 10.1. The summed E-state index contributed by atoms with van der Waals surface area (Å²) in [5.74, 6) is -0.709. The molecular weight excluding hydrogens is 540 g/mol. The zero-order valence-electron chi connectivity index (χ0n) is 18.9. The number of ether oxygens (including phenoxy) is 1. The SMILES string of the molecule is CCOCCCNC(=O)C1=C(N)[C@H](C(=O)Nc2ccc(Br)c(C)c2)SC1=Nc1cccc(Cl)c1. The predicted octanol–water partition coefficient (Wildman–Crippen LogP) is 4.95. The highest BCUT2D eigenvalue weighted by molar-refractivity contribution is 9.10. The van der Waals surface area contributed by atoms with E-state index in [0.29, 0.717) is 47.6 Å². The number of aliphatic imine (C=N–C) groups is 1. The molecule has 2 aromatic carbocycles. The van der Waals surface area contributed by atoms with Gasteiger partial charge in [-0.3, -0.25) is 9.59 Å². The van der Waals surface area contributed by atoms with E-state index < -0.39 is 5.25 Å². The molecule has 0 spiro atoms. The smallest absolute Gasteiger partial charge is 0.255 e. The molecule has 7 nitrogen and oxygen atoms in total. The van der Waals surface area contributed by atoms with Crippen molar-refractivity contribution in [2.24, 2.45) is 10.7 Å². The number of rotatable bonds is 9. The van der Waals surface area contributed by atoms with Gasteiger partial charge in [-0.2, -0.15) is 0 Å². The fourth-order valence-corrected chi connectivity index (χ4v) is 4.75. The summed E-state index contributed by atoms with van der Waals surface area (Å²) >= 11 is 10.7. The summed E-state index contributed by atoms with van der Waals surface area (Å²) in [6, 6.07) is 12.5. The third kappa shape index (κ3) is 6.85. The minimum absolute atomic E-state index is 0.166. The van der Waals surface area contributed by atoms with Crippen molar-refractivity contribution < 1.29 is 14.3 Å². The number of carbonyl (C=O) groups is 2. The zero-order valence-corrected chi connectivity index (χ0v) is 22.0. The Morgan fingerprint density at radius 3 is 2.76 bits per heavy atom. The standard InChI is InChI=1S/C24H26BrClN4O3S/c1-3-33-11-5-10-28-22(31)19-20(27)21(23(32)29-17-8-9-18(25)14(2)12-17)34-24(19)30-16-7-4-6-15(26)13-16/h4,6-9,12-13,21H,3,5,10-11,27H2,1-2H3,(H,28,31)(H,29,32)/t21-/m1/s1. The number of hydrogen-bond donors (Lipinski definition) is 3. The molecule has 0 fully saturated rings. The second-order valence-corrected chi connectivity index (χ2v) is 9.87. The first kappa shape index (κ1) is 26.3. The maximum atomic E-state index is 13.1. The van der Waals surface area contributed by atoms with Gasteiger partial charge in [0.15, 0.2) is 0 Å². The second-order valence-electron chi connectivity index (χ2n) is 7.48. The lowest BCUT2D eigenvalue weighted by Gasteiger charge is -2.12. The summed E-state index contributed by atoms with van der Waals surface area (Å²) in [6.07, 6.45) is 0.660. The Balaban J connectivity index is 1.84. The number of amides is 2. The van der Waals surface area contributed by atoms with Crippen LogP contribution in [0.25, 0.3) is 0 Å². The number of carbonyl (C=O) groups excluding carboxylic acids is 2. The number of aryl methyl sites for hydroxylation is 1. The van der Waals surface area contributed by atoms with Crippen molar-refractivity contribution in [1.82, 2.24) is 5.32 Å². The van der Waals surface area contributed by atoms with Gasteiger partial charge in [0, 0.05) is 40.6 Å². The zero-order chi connectivity index (χ0) is 24.7. The molecular formula is C24H26BrClN4O3S. The molecule has 2 amide bonds. The summed E-state index contributed by atoms with van der Waals surface area (Å²) in [5, 5.41) is 5.82. The summed E-state index contributed by atoms with van der Waals surface area (Å²) < 4.78 is 6.25. The van der Waals surface area contributed by atoms with Crippen molar-refractivity contribution in [1.29, 1.82) is 0 Å². The van der Waals surface area contributed by atoms with E-state index in [2.05, 4.69) is 31.6 Å². The third-order valence-corrected chi connectivity index (χ3v) is 7.25. The van der Waals surface area contributed by atoms with Crippen LogP contribution >= 0.6 is 39.3 Å². The monoisotopic (exact) mass is 564 g/mol. The maximum Gasteiger partial charge on any atom is 0.255 e. The average Bonchev–Trinajstić information content (AvgIpc) is 3.12. The number of nitrogens with two attached hydrogens (primary N) is 1. The van der Waals surface area contributed by atoms with E-state index in [-0.39, 0.29) is 23.1 Å². The molecule has 10 heteroatoms. The van der Waals surface area contributed by atoms with Gasteiger partial charge in [0.2, 0.25) is 5.91 Å². The Kier molecular flexibility index (Phi) is 9.58. The van der Waals surface area contributed by atoms with Crippen molar-refractivity contribution in [3.8, 4) is 0 Å². The molecule has 1 atom stereocenters. The molecule has 0 saturated carbocycles. The number of halogens is 2. The molecule has 0 radical (unpaired) electrons. The highest BCUT2D eigenvalue weighted by Gasteiger charge is 2.38. The van der Waals surface area contributed by atoms with E-state index in [4.69, 9.17) is 22.1 Å². The normalized spacial score (nSPS) is 16.7. The molecule has 3 rings (SSSR count). The fourth-order valence-electron chi connectivity index (χ4n) is 3.20. The fraction of sp³-hybridized carbons (Fsp3) is 0.292. The van der Waals surface area contributed by atoms with E-state index in [9.17, 15) is 9.59 Å². The second kappa shape index (κ2) is 12.4. The molecule has 180 valence electrons. The quantitative estimate of drug-likeness (QED) is 0.373. The first-order valence-electron chi connectivity index (χ1n) is 10.7. The van der Waals surface area contributed by atoms with Crippen LogP contribution in [-0.4, -0.2) is 41.9 Å². The molecule has 0 aliphatic carbocycles. The van der Waals surface area contributed by atoms with Crippen LogP contribution in [0.2, 0.25) is 5.02 Å². The van der Waals surface area contributed by atoms with Crippen LogP contribution in [0, 0.1) is 6.92 Å². The third-order valence-electron chi connectivity index (χ3n) is 4.90. The Bertz CT molecular complexity index is 1140. The lowest BCUT2D eigenvalue weighted by Crippen LogP contribution is -2.32. The minimum Gasteiger partial charge on any atom is -0.400 e. The van der Waals surface area contributed by atoms with Gasteiger partial charge in [-0.15, -0.1) is 0 Å². The lowest BCUT2D eigenvalue weighted by molar-refractivity contribution is -0.117. The van der Waals surface area contributed by atoms with E-state index >= 15 is 0 Å². The highest BCUT2D eigenvalue weighted by Crippen LogP contribution is 2.36. The van der Waals surface area contributed by atoms with Crippen molar-refractivity contribution in [2.75, 3.05) is 25.1 Å². The molecule has 4 N–H and O–H groups in total. The number of thioether (sulfide) groups is 1. The van der Waals surface area contributed by atoms with E-state index in [1.807, 2.05) is 26.0 Å². The minimum atomic E-state index is -0.800. The molecule has 0 saturated heterocycles. The van der Waals surface area contributed by atoms with Crippen LogP contribution in [0.4, 0.5) is 11.4 Å². The molecule has 0 aromatic heterocycles. The first-order chi connectivity index (χ1) is 16.3. The molecule has 34 heavy (non-hydrogen) atoms. The first-order valence-corrected chi connectivity index (χ1v) is 12.8. The summed E-state index contributed by atoms with van der Waals surface area (Å²) in [6.45, 7) is 5.43. The number of anilines is 1. The molecule has 0 unspecified atom stereocenters. The van der Waals surface area contributed by atoms with Gasteiger partial charge < -0.3 is 21.1 Å². The molecule has 1 aliphatic heterocycles. The number of hydrogen-bond acceptors (Lipinski definition) is 6. The van der Waals surface area contributed by atoms with E-state index in [0.717, 1.165) is 21.8 Å². The van der Waals surface area contributed by atoms with Gasteiger partial charge >= 0.3 is 0 Å². The maximum absolute atomic E-state index is 13.1. The van der Waals surface area contributed by atoms with Gasteiger partial charge in [-0.05, 0) is 62.2 Å². The van der Waals surface area contributed by atoms with E-state index in [1.165, 1.54) is 0 Å². The van der Waals surface area contributed by atoms with Gasteiger partial charge in [-0.1, -0.05) is 45.4 Å². The van der Waals surface area contributed by atoms with Crippen LogP contribution in [0.15, 0.2) is 63.2 Å². The summed E-state index contributed by atoms with van der Waals surface area (Å²) in [7, 11) is 0. The molecule has 1 heterocycles. The van der Waals surface area contributed by atoms with Gasteiger partial charge in [0.05, 0.1) is 11.3 Å². The van der Waals surface area contributed by atoms with Crippen LogP contribution < -0.4 is 16.4 Å². The van der Waals surface area contributed by atoms with Crippen LogP contribution in [-0.2, 0) is 14.3 Å². The summed E-state index contributed by atoms with van der Waals surface area (Å²) in [4.78, 5) is 30.7. The largest absolute Gasteiger partial charge is 0.400 e. The number of nitrogens with one attached hydrogen (secondary N) is 2.